The van der Waals surface area contributed by atoms with Gasteiger partial charge in [0.1, 0.15) is 0 Å². The molecular formula is C15H16N6. The maximum absolute atomic E-state index is 4.25. The molecule has 0 amide bonds. The maximum Gasteiger partial charge on any atom is 0.0951 e. The summed E-state index contributed by atoms with van der Waals surface area (Å²) in [4.78, 5) is 5.85. The first-order chi connectivity index (χ1) is 10.4. The normalized spacial score (nSPS) is 14.3. The minimum absolute atomic E-state index is 0.664. The average Bonchev–Trinajstić information content (AvgIpc) is 3.04. The molecular weight excluding hydrogens is 264 g/mol. The Labute approximate surface area is 122 Å². The highest BCUT2D eigenvalue weighted by Gasteiger charge is 2.24. The van der Waals surface area contributed by atoms with Crippen molar-refractivity contribution in [3.05, 3.63) is 54.9 Å². The largest absolute Gasteiger partial charge is 0.379 e. The number of nitrogens with one attached hydrogen (secondary N) is 1. The van der Waals surface area contributed by atoms with Crippen LogP contribution in [-0.4, -0.2) is 24.5 Å². The van der Waals surface area contributed by atoms with Crippen LogP contribution in [0.5, 0.6) is 0 Å². The molecule has 1 fully saturated rings. The molecule has 0 radical (unpaired) electrons. The van der Waals surface area contributed by atoms with Crippen LogP contribution in [0.3, 0.4) is 0 Å². The van der Waals surface area contributed by atoms with Crippen LogP contribution in [0.15, 0.2) is 49.2 Å². The monoisotopic (exact) mass is 280 g/mol. The molecule has 1 aliphatic carbocycles. The molecule has 3 aromatic rings. The third kappa shape index (κ3) is 2.52. The molecule has 2 aromatic heterocycles. The van der Waals surface area contributed by atoms with Crippen molar-refractivity contribution in [2.24, 2.45) is 0 Å². The van der Waals surface area contributed by atoms with Gasteiger partial charge in [0.15, 0.2) is 0 Å². The van der Waals surface area contributed by atoms with Crippen LogP contribution in [0.1, 0.15) is 24.6 Å². The molecule has 0 spiro atoms. The fourth-order valence-electron chi connectivity index (χ4n) is 2.40. The summed E-state index contributed by atoms with van der Waals surface area (Å²) in [5, 5.41) is 11.7. The molecule has 21 heavy (non-hydrogen) atoms. The van der Waals surface area contributed by atoms with Crippen LogP contribution >= 0.6 is 0 Å². The summed E-state index contributed by atoms with van der Waals surface area (Å²) in [6.45, 7) is 0.788. The molecule has 4 rings (SSSR count). The van der Waals surface area contributed by atoms with Crippen LogP contribution in [0.25, 0.3) is 5.69 Å². The highest BCUT2D eigenvalue weighted by molar-refractivity contribution is 5.48. The molecule has 6 heteroatoms. The Bertz CT molecular complexity index is 709. The SMILES string of the molecule is c1cnn(-c2ccc(NCc3cncn3C3CC3)cc2)n1. The summed E-state index contributed by atoms with van der Waals surface area (Å²) in [6, 6.07) is 8.74. The van der Waals surface area contributed by atoms with Gasteiger partial charge < -0.3 is 9.88 Å². The topological polar surface area (TPSA) is 60.6 Å². The summed E-state index contributed by atoms with van der Waals surface area (Å²) in [7, 11) is 0. The van der Waals surface area contributed by atoms with Crippen molar-refractivity contribution in [3.8, 4) is 5.69 Å². The van der Waals surface area contributed by atoms with Crippen molar-refractivity contribution in [1.82, 2.24) is 24.5 Å². The zero-order valence-corrected chi connectivity index (χ0v) is 11.6. The van der Waals surface area contributed by atoms with E-state index in [1.165, 1.54) is 18.5 Å². The molecule has 1 aliphatic rings. The number of nitrogens with zero attached hydrogens (tertiary/aromatic N) is 5. The Morgan fingerprint density at radius 3 is 2.57 bits per heavy atom. The van der Waals surface area contributed by atoms with Gasteiger partial charge in [0, 0.05) is 17.9 Å². The van der Waals surface area contributed by atoms with E-state index in [4.69, 9.17) is 0 Å². The summed E-state index contributed by atoms with van der Waals surface area (Å²) < 4.78 is 2.27. The number of hydrogen-bond donors (Lipinski definition) is 1. The summed E-state index contributed by atoms with van der Waals surface area (Å²) in [5.74, 6) is 0. The lowest BCUT2D eigenvalue weighted by molar-refractivity contribution is 0.701. The fraction of sp³-hybridized carbons (Fsp3) is 0.267. The summed E-state index contributed by atoms with van der Waals surface area (Å²) in [5.41, 5.74) is 3.26. The highest BCUT2D eigenvalue weighted by atomic mass is 15.5. The van der Waals surface area contributed by atoms with E-state index >= 15 is 0 Å². The van der Waals surface area contributed by atoms with Crippen LogP contribution in [0, 0.1) is 0 Å². The van der Waals surface area contributed by atoms with Crippen LogP contribution in [0.4, 0.5) is 5.69 Å². The fourth-order valence-corrected chi connectivity index (χ4v) is 2.40. The quantitative estimate of drug-likeness (QED) is 0.779. The van der Waals surface area contributed by atoms with Gasteiger partial charge in [-0.1, -0.05) is 0 Å². The smallest absolute Gasteiger partial charge is 0.0951 e. The van der Waals surface area contributed by atoms with Crippen molar-refractivity contribution < 1.29 is 0 Å². The predicted octanol–water partition coefficient (Wildman–Crippen LogP) is 2.41. The summed E-state index contributed by atoms with van der Waals surface area (Å²) >= 11 is 0. The lowest BCUT2D eigenvalue weighted by atomic mass is 10.3. The molecule has 0 atom stereocenters. The van der Waals surface area contributed by atoms with Gasteiger partial charge in [0.2, 0.25) is 0 Å². The lowest BCUT2D eigenvalue weighted by Crippen LogP contribution is -2.06. The number of benzene rings is 1. The van der Waals surface area contributed by atoms with Crippen molar-refractivity contribution in [3.63, 3.8) is 0 Å². The second kappa shape index (κ2) is 5.05. The number of rotatable bonds is 5. The zero-order chi connectivity index (χ0) is 14.1. The molecule has 0 bridgehead atoms. The number of aromatic nitrogens is 5. The lowest BCUT2D eigenvalue weighted by Gasteiger charge is -2.09. The standard InChI is InChI=1S/C15H16N6/c1-3-14(21-18-7-8-19-21)4-2-12(1)17-10-15-9-16-11-20(15)13-5-6-13/h1-4,7-9,11,13,17H,5-6,10H2. The highest BCUT2D eigenvalue weighted by Crippen LogP contribution is 2.35. The molecule has 2 heterocycles. The van der Waals surface area contributed by atoms with Crippen molar-refractivity contribution in [1.29, 1.82) is 0 Å². The van der Waals surface area contributed by atoms with Gasteiger partial charge in [-0.05, 0) is 37.1 Å². The molecule has 0 saturated heterocycles. The van der Waals surface area contributed by atoms with E-state index in [0.717, 1.165) is 17.9 Å². The Hall–Kier alpha value is -2.63. The van der Waals surface area contributed by atoms with Gasteiger partial charge in [-0.15, -0.1) is 0 Å². The van der Waals surface area contributed by atoms with Crippen LogP contribution in [0.2, 0.25) is 0 Å². The van der Waals surface area contributed by atoms with E-state index in [0.29, 0.717) is 6.04 Å². The first kappa shape index (κ1) is 12.1. The molecule has 106 valence electrons. The van der Waals surface area contributed by atoms with Crippen molar-refractivity contribution >= 4 is 5.69 Å². The van der Waals surface area contributed by atoms with Gasteiger partial charge in [-0.3, -0.25) is 0 Å². The number of anilines is 1. The first-order valence-corrected chi connectivity index (χ1v) is 7.11. The van der Waals surface area contributed by atoms with E-state index in [-0.39, 0.29) is 0 Å². The van der Waals surface area contributed by atoms with E-state index in [9.17, 15) is 0 Å². The molecule has 1 N–H and O–H groups in total. The maximum atomic E-state index is 4.25. The second-order valence-corrected chi connectivity index (χ2v) is 5.24. The van der Waals surface area contributed by atoms with Gasteiger partial charge in [-0.25, -0.2) is 4.98 Å². The Kier molecular flexibility index (Phi) is 2.92. The molecule has 6 nitrogen and oxygen atoms in total. The van der Waals surface area contributed by atoms with E-state index in [1.54, 1.807) is 17.2 Å². The van der Waals surface area contributed by atoms with E-state index < -0.39 is 0 Å². The number of hydrogen-bond acceptors (Lipinski definition) is 4. The Balaban J connectivity index is 1.44. The Morgan fingerprint density at radius 2 is 1.86 bits per heavy atom. The van der Waals surface area contributed by atoms with Gasteiger partial charge >= 0.3 is 0 Å². The third-order valence-electron chi connectivity index (χ3n) is 3.68. The second-order valence-electron chi connectivity index (χ2n) is 5.24. The summed E-state index contributed by atoms with van der Waals surface area (Å²) in [6.07, 6.45) is 9.76. The Morgan fingerprint density at radius 1 is 1.10 bits per heavy atom. The molecule has 1 aromatic carbocycles. The van der Waals surface area contributed by atoms with E-state index in [1.807, 2.05) is 36.8 Å². The van der Waals surface area contributed by atoms with Crippen LogP contribution in [-0.2, 0) is 6.54 Å². The molecule has 0 aliphatic heterocycles. The van der Waals surface area contributed by atoms with Crippen molar-refractivity contribution in [2.75, 3.05) is 5.32 Å². The van der Waals surface area contributed by atoms with Gasteiger partial charge in [0.05, 0.1) is 36.6 Å². The number of imidazole rings is 1. The van der Waals surface area contributed by atoms with Crippen molar-refractivity contribution in [2.45, 2.75) is 25.4 Å². The minimum Gasteiger partial charge on any atom is -0.379 e. The molecule has 0 unspecified atom stereocenters. The zero-order valence-electron chi connectivity index (χ0n) is 11.6. The first-order valence-electron chi connectivity index (χ1n) is 7.11. The van der Waals surface area contributed by atoms with Gasteiger partial charge in [0.25, 0.3) is 0 Å². The third-order valence-corrected chi connectivity index (χ3v) is 3.68. The van der Waals surface area contributed by atoms with Crippen LogP contribution < -0.4 is 5.32 Å². The predicted molar refractivity (Wildman–Crippen MR) is 79.2 cm³/mol. The average molecular weight is 280 g/mol. The van der Waals surface area contributed by atoms with Gasteiger partial charge in [-0.2, -0.15) is 15.0 Å². The molecule has 1 saturated carbocycles. The van der Waals surface area contributed by atoms with E-state index in [2.05, 4.69) is 25.1 Å². The minimum atomic E-state index is 0.664.